The number of rotatable bonds is 2. The van der Waals surface area contributed by atoms with Gasteiger partial charge in [0, 0.05) is 5.56 Å². The zero-order chi connectivity index (χ0) is 15.5. The van der Waals surface area contributed by atoms with E-state index in [1.165, 1.54) is 6.21 Å². The minimum atomic E-state index is -0.543. The summed E-state index contributed by atoms with van der Waals surface area (Å²) in [4.78, 5) is 11.9. The van der Waals surface area contributed by atoms with Crippen LogP contribution in [0.15, 0.2) is 44.7 Å². The van der Waals surface area contributed by atoms with Gasteiger partial charge in [-0.05, 0) is 17.5 Å². The van der Waals surface area contributed by atoms with Gasteiger partial charge in [-0.25, -0.2) is 0 Å². The fraction of sp³-hybridized carbons (Fsp3) is 0.357. The molecule has 0 radical (unpaired) electrons. The molecule has 0 aliphatic carbocycles. The maximum absolute atomic E-state index is 11.9. The SMILES string of the molecule is CC(C)(C)C1N=N/C(=N\N=C\c2ccccc2O)NC1=O. The van der Waals surface area contributed by atoms with Crippen LogP contribution in [0.1, 0.15) is 26.3 Å². The molecule has 1 aliphatic rings. The van der Waals surface area contributed by atoms with E-state index in [1.807, 2.05) is 20.8 Å². The lowest BCUT2D eigenvalue weighted by atomic mass is 9.86. The summed E-state index contributed by atoms with van der Waals surface area (Å²) in [5.41, 5.74) is 0.214. The topological polar surface area (TPSA) is 98.8 Å². The summed E-state index contributed by atoms with van der Waals surface area (Å²) in [6, 6.07) is 6.17. The number of guanidine groups is 1. The lowest BCUT2D eigenvalue weighted by molar-refractivity contribution is -0.123. The quantitative estimate of drug-likeness (QED) is 0.643. The van der Waals surface area contributed by atoms with Crippen molar-refractivity contribution in [2.24, 2.45) is 25.8 Å². The molecule has 21 heavy (non-hydrogen) atoms. The van der Waals surface area contributed by atoms with Crippen LogP contribution in [0.5, 0.6) is 5.75 Å². The highest BCUT2D eigenvalue weighted by Gasteiger charge is 2.34. The Balaban J connectivity index is 2.11. The first kappa shape index (κ1) is 14.8. The molecule has 1 amide bonds. The number of hydrogen-bond acceptors (Lipinski definition) is 5. The third-order valence-electron chi connectivity index (χ3n) is 2.86. The van der Waals surface area contributed by atoms with Crippen molar-refractivity contribution in [1.29, 1.82) is 0 Å². The molecule has 0 spiro atoms. The highest BCUT2D eigenvalue weighted by Crippen LogP contribution is 2.24. The third kappa shape index (κ3) is 3.71. The average molecular weight is 287 g/mol. The van der Waals surface area contributed by atoms with Crippen molar-refractivity contribution in [2.75, 3.05) is 0 Å². The fourth-order valence-corrected chi connectivity index (χ4v) is 1.72. The number of carbonyl (C=O) groups excluding carboxylic acids is 1. The molecule has 1 unspecified atom stereocenters. The monoisotopic (exact) mass is 287 g/mol. The Morgan fingerprint density at radius 3 is 2.67 bits per heavy atom. The van der Waals surface area contributed by atoms with Gasteiger partial charge in [0.2, 0.25) is 0 Å². The number of phenols is 1. The second kappa shape index (κ2) is 5.82. The molecule has 1 aliphatic heterocycles. The van der Waals surface area contributed by atoms with Gasteiger partial charge >= 0.3 is 0 Å². The molecule has 1 aromatic rings. The van der Waals surface area contributed by atoms with Gasteiger partial charge in [0.1, 0.15) is 5.75 Å². The fourth-order valence-electron chi connectivity index (χ4n) is 1.72. The smallest absolute Gasteiger partial charge is 0.268 e. The first-order valence-corrected chi connectivity index (χ1v) is 6.48. The highest BCUT2D eigenvalue weighted by atomic mass is 16.3. The Labute approximate surface area is 122 Å². The van der Waals surface area contributed by atoms with Crippen LogP contribution < -0.4 is 5.32 Å². The molecular formula is C14H17N5O2. The number of benzene rings is 1. The van der Waals surface area contributed by atoms with Crippen LogP contribution in [-0.2, 0) is 4.79 Å². The number of azo groups is 1. The number of amides is 1. The highest BCUT2D eigenvalue weighted by molar-refractivity contribution is 6.01. The van der Waals surface area contributed by atoms with Crippen LogP contribution in [0.3, 0.4) is 0 Å². The molecule has 0 aromatic heterocycles. The van der Waals surface area contributed by atoms with E-state index in [9.17, 15) is 9.90 Å². The van der Waals surface area contributed by atoms with Gasteiger partial charge in [-0.1, -0.05) is 32.9 Å². The Morgan fingerprint density at radius 2 is 2.05 bits per heavy atom. The molecule has 0 saturated heterocycles. The minimum Gasteiger partial charge on any atom is -0.507 e. The minimum absolute atomic E-state index is 0.0344. The number of hydrogen-bond donors (Lipinski definition) is 2. The number of carbonyl (C=O) groups is 1. The second-order valence-electron chi connectivity index (χ2n) is 5.70. The average Bonchev–Trinajstić information content (AvgIpc) is 2.39. The van der Waals surface area contributed by atoms with Crippen LogP contribution in [0.2, 0.25) is 0 Å². The van der Waals surface area contributed by atoms with Gasteiger partial charge in [0.25, 0.3) is 11.9 Å². The zero-order valence-electron chi connectivity index (χ0n) is 12.1. The summed E-state index contributed by atoms with van der Waals surface area (Å²) in [7, 11) is 0. The third-order valence-corrected chi connectivity index (χ3v) is 2.86. The number of para-hydroxylation sites is 1. The van der Waals surface area contributed by atoms with E-state index >= 15 is 0 Å². The lowest BCUT2D eigenvalue weighted by Crippen LogP contribution is -2.46. The number of nitrogens with zero attached hydrogens (tertiary/aromatic N) is 4. The maximum Gasteiger partial charge on any atom is 0.268 e. The van der Waals surface area contributed by atoms with E-state index in [0.29, 0.717) is 5.56 Å². The van der Waals surface area contributed by atoms with Crippen molar-refractivity contribution in [2.45, 2.75) is 26.8 Å². The van der Waals surface area contributed by atoms with E-state index in [2.05, 4.69) is 25.7 Å². The Bertz CT molecular complexity index is 628. The Morgan fingerprint density at radius 1 is 1.33 bits per heavy atom. The molecule has 1 atom stereocenters. The van der Waals surface area contributed by atoms with E-state index < -0.39 is 6.04 Å². The molecule has 2 rings (SSSR count). The van der Waals surface area contributed by atoms with E-state index in [0.717, 1.165) is 0 Å². The van der Waals surface area contributed by atoms with Gasteiger partial charge in [-0.3, -0.25) is 10.1 Å². The van der Waals surface area contributed by atoms with Crippen molar-refractivity contribution in [3.05, 3.63) is 29.8 Å². The van der Waals surface area contributed by atoms with Crippen LogP contribution in [0.25, 0.3) is 0 Å². The summed E-state index contributed by atoms with van der Waals surface area (Å²) < 4.78 is 0. The lowest BCUT2D eigenvalue weighted by Gasteiger charge is -2.26. The summed E-state index contributed by atoms with van der Waals surface area (Å²) in [5, 5.41) is 27.5. The molecule has 110 valence electrons. The number of aromatic hydroxyl groups is 1. The van der Waals surface area contributed by atoms with Crippen molar-refractivity contribution >= 4 is 18.1 Å². The predicted octanol–water partition coefficient (Wildman–Crippen LogP) is 2.08. The van der Waals surface area contributed by atoms with Gasteiger partial charge in [0.05, 0.1) is 6.21 Å². The first-order valence-electron chi connectivity index (χ1n) is 6.48. The molecular weight excluding hydrogens is 270 g/mol. The Kier molecular flexibility index (Phi) is 4.11. The number of nitrogens with one attached hydrogen (secondary N) is 1. The zero-order valence-corrected chi connectivity index (χ0v) is 12.1. The summed E-state index contributed by atoms with van der Waals surface area (Å²) in [5.74, 6) is -0.121. The van der Waals surface area contributed by atoms with Crippen LogP contribution >= 0.6 is 0 Å². The summed E-state index contributed by atoms with van der Waals surface area (Å²) in [6.07, 6.45) is 1.37. The molecule has 0 bridgehead atoms. The summed E-state index contributed by atoms with van der Waals surface area (Å²) >= 11 is 0. The molecule has 7 nitrogen and oxygen atoms in total. The van der Waals surface area contributed by atoms with Crippen molar-refractivity contribution in [3.63, 3.8) is 0 Å². The standard InChI is InChI=1S/C14H17N5O2/c1-14(2,3)11-12(21)16-13(19-17-11)18-15-8-9-6-4-5-7-10(9)20/h4-8,11,20H,1-3H3,(H,16,18,21)/b15-8+. The van der Waals surface area contributed by atoms with E-state index in [1.54, 1.807) is 24.3 Å². The molecule has 1 aromatic carbocycles. The van der Waals surface area contributed by atoms with E-state index in [-0.39, 0.29) is 23.0 Å². The first-order chi connectivity index (χ1) is 9.88. The molecule has 7 heteroatoms. The molecule has 0 saturated carbocycles. The van der Waals surface area contributed by atoms with Crippen LogP contribution in [-0.4, -0.2) is 29.2 Å². The van der Waals surface area contributed by atoms with Crippen LogP contribution in [0.4, 0.5) is 0 Å². The van der Waals surface area contributed by atoms with Gasteiger partial charge in [0.15, 0.2) is 6.04 Å². The molecule has 1 heterocycles. The number of phenolic OH excluding ortho intramolecular Hbond substituents is 1. The van der Waals surface area contributed by atoms with Gasteiger partial charge in [-0.2, -0.15) is 10.2 Å². The summed E-state index contributed by atoms with van der Waals surface area (Å²) in [6.45, 7) is 5.73. The molecule has 2 N–H and O–H groups in total. The van der Waals surface area contributed by atoms with Gasteiger partial charge in [-0.15, -0.1) is 10.2 Å². The normalized spacial score (nSPS) is 21.0. The van der Waals surface area contributed by atoms with Crippen molar-refractivity contribution in [1.82, 2.24) is 5.32 Å². The predicted molar refractivity (Wildman–Crippen MR) is 79.4 cm³/mol. The maximum atomic E-state index is 11.9. The van der Waals surface area contributed by atoms with Crippen molar-refractivity contribution in [3.8, 4) is 5.75 Å². The molecule has 0 fully saturated rings. The van der Waals surface area contributed by atoms with Gasteiger partial charge < -0.3 is 5.11 Å². The van der Waals surface area contributed by atoms with Crippen LogP contribution in [0, 0.1) is 5.41 Å². The second-order valence-corrected chi connectivity index (χ2v) is 5.70. The largest absolute Gasteiger partial charge is 0.507 e. The Hall–Kier alpha value is -2.57. The van der Waals surface area contributed by atoms with Crippen molar-refractivity contribution < 1.29 is 9.90 Å². The van der Waals surface area contributed by atoms with E-state index in [4.69, 9.17) is 0 Å².